The molecule has 0 spiro atoms. The molecular weight excluding hydrogens is 358 g/mol. The average molecular weight is 386 g/mol. The summed E-state index contributed by atoms with van der Waals surface area (Å²) in [5.74, 6) is 0.973. The Balaban J connectivity index is 1.61. The van der Waals surface area contributed by atoms with Crippen LogP contribution >= 0.6 is 0 Å². The zero-order valence-corrected chi connectivity index (χ0v) is 17.2. The van der Waals surface area contributed by atoms with Gasteiger partial charge < -0.3 is 10.1 Å². The van der Waals surface area contributed by atoms with Gasteiger partial charge in [-0.05, 0) is 54.7 Å². The van der Waals surface area contributed by atoms with Gasteiger partial charge in [0.15, 0.2) is 0 Å². The number of carbonyl (C=O) groups is 1. The first-order valence-electron chi connectivity index (χ1n) is 10.1. The van der Waals surface area contributed by atoms with Crippen LogP contribution in [0.3, 0.4) is 0 Å². The van der Waals surface area contributed by atoms with Gasteiger partial charge in [-0.2, -0.15) is 0 Å². The molecule has 0 radical (unpaired) electrons. The summed E-state index contributed by atoms with van der Waals surface area (Å²) < 4.78 is 5.25. The molecule has 0 bridgehead atoms. The molecule has 0 aromatic heterocycles. The van der Waals surface area contributed by atoms with E-state index in [-0.39, 0.29) is 23.3 Å². The molecule has 3 nitrogen and oxygen atoms in total. The number of rotatable bonds is 4. The number of methoxy groups -OCH3 is 1. The standard InChI is InChI=1S/C26H27NO2/c1-26(2)24(21-11-9-19(10-12-21)18-7-5-4-6-8-18)17-23(25(28)27-26)20-13-15-22(29-3)16-14-20/h4-16,23-24H,17H2,1-3H3,(H,27,28). The van der Waals surface area contributed by atoms with Gasteiger partial charge in [-0.15, -0.1) is 0 Å². The van der Waals surface area contributed by atoms with E-state index in [1.165, 1.54) is 16.7 Å². The predicted molar refractivity (Wildman–Crippen MR) is 117 cm³/mol. The molecule has 3 heteroatoms. The fourth-order valence-electron chi connectivity index (χ4n) is 4.34. The fourth-order valence-corrected chi connectivity index (χ4v) is 4.34. The van der Waals surface area contributed by atoms with Crippen LogP contribution in [0, 0.1) is 0 Å². The highest BCUT2D eigenvalue weighted by Gasteiger charge is 2.42. The van der Waals surface area contributed by atoms with Gasteiger partial charge in [-0.3, -0.25) is 4.79 Å². The van der Waals surface area contributed by atoms with Crippen molar-refractivity contribution in [1.82, 2.24) is 5.32 Å². The number of hydrogen-bond acceptors (Lipinski definition) is 2. The minimum absolute atomic E-state index is 0.0947. The summed E-state index contributed by atoms with van der Waals surface area (Å²) in [6.07, 6.45) is 0.788. The lowest BCUT2D eigenvalue weighted by Gasteiger charge is -2.43. The van der Waals surface area contributed by atoms with Crippen molar-refractivity contribution in [3.8, 4) is 16.9 Å². The van der Waals surface area contributed by atoms with E-state index < -0.39 is 0 Å². The maximum Gasteiger partial charge on any atom is 0.227 e. The molecule has 1 N–H and O–H groups in total. The van der Waals surface area contributed by atoms with Gasteiger partial charge in [-0.25, -0.2) is 0 Å². The smallest absolute Gasteiger partial charge is 0.227 e. The predicted octanol–water partition coefficient (Wildman–Crippen LogP) is 5.53. The van der Waals surface area contributed by atoms with Crippen molar-refractivity contribution in [2.45, 2.75) is 37.6 Å². The van der Waals surface area contributed by atoms with Crippen LogP contribution in [0.15, 0.2) is 78.9 Å². The molecule has 1 aliphatic rings. The van der Waals surface area contributed by atoms with E-state index >= 15 is 0 Å². The van der Waals surface area contributed by atoms with Gasteiger partial charge in [0.1, 0.15) is 5.75 Å². The Morgan fingerprint density at radius 2 is 1.41 bits per heavy atom. The summed E-state index contributed by atoms with van der Waals surface area (Å²) in [6.45, 7) is 4.23. The van der Waals surface area contributed by atoms with E-state index in [0.717, 1.165) is 17.7 Å². The van der Waals surface area contributed by atoms with Crippen LogP contribution in [-0.2, 0) is 4.79 Å². The first-order chi connectivity index (χ1) is 14.0. The van der Waals surface area contributed by atoms with Gasteiger partial charge in [0.25, 0.3) is 0 Å². The van der Waals surface area contributed by atoms with Gasteiger partial charge in [0.05, 0.1) is 13.0 Å². The Labute approximate surface area is 172 Å². The van der Waals surface area contributed by atoms with Crippen molar-refractivity contribution >= 4 is 5.91 Å². The number of benzene rings is 3. The minimum Gasteiger partial charge on any atom is -0.497 e. The average Bonchev–Trinajstić information content (AvgIpc) is 2.74. The summed E-state index contributed by atoms with van der Waals surface area (Å²) in [5.41, 5.74) is 4.41. The largest absolute Gasteiger partial charge is 0.497 e. The zero-order chi connectivity index (χ0) is 20.4. The summed E-state index contributed by atoms with van der Waals surface area (Å²) in [6, 6.07) is 27.0. The van der Waals surface area contributed by atoms with E-state index in [4.69, 9.17) is 4.74 Å². The van der Waals surface area contributed by atoms with Crippen molar-refractivity contribution in [3.05, 3.63) is 90.0 Å². The normalized spacial score (nSPS) is 20.7. The molecule has 4 rings (SSSR count). The first kappa shape index (κ1) is 19.3. The van der Waals surface area contributed by atoms with E-state index in [1.807, 2.05) is 30.3 Å². The van der Waals surface area contributed by atoms with Gasteiger partial charge in [0, 0.05) is 11.5 Å². The second kappa shape index (κ2) is 7.75. The SMILES string of the molecule is COc1ccc(C2CC(c3ccc(-c4ccccc4)cc3)C(C)(C)NC2=O)cc1. The second-order valence-corrected chi connectivity index (χ2v) is 8.31. The lowest BCUT2D eigenvalue weighted by atomic mass is 9.71. The molecule has 0 aliphatic carbocycles. The third-order valence-electron chi connectivity index (χ3n) is 6.04. The van der Waals surface area contributed by atoms with E-state index in [9.17, 15) is 4.79 Å². The highest BCUT2D eigenvalue weighted by atomic mass is 16.5. The third kappa shape index (κ3) is 3.91. The molecule has 1 aliphatic heterocycles. The highest BCUT2D eigenvalue weighted by Crippen LogP contribution is 2.42. The van der Waals surface area contributed by atoms with Gasteiger partial charge >= 0.3 is 0 Å². The summed E-state index contributed by atoms with van der Waals surface area (Å²) in [4.78, 5) is 12.8. The van der Waals surface area contributed by atoms with Crippen molar-refractivity contribution in [2.75, 3.05) is 7.11 Å². The third-order valence-corrected chi connectivity index (χ3v) is 6.04. The van der Waals surface area contributed by atoms with Crippen LogP contribution < -0.4 is 10.1 Å². The number of ether oxygens (including phenoxy) is 1. The van der Waals surface area contributed by atoms with Crippen molar-refractivity contribution in [3.63, 3.8) is 0 Å². The quantitative estimate of drug-likeness (QED) is 0.641. The number of nitrogens with one attached hydrogen (secondary N) is 1. The van der Waals surface area contributed by atoms with Crippen LogP contribution in [0.25, 0.3) is 11.1 Å². The first-order valence-corrected chi connectivity index (χ1v) is 10.1. The molecule has 1 heterocycles. The second-order valence-electron chi connectivity index (χ2n) is 8.31. The maximum atomic E-state index is 12.8. The lowest BCUT2D eigenvalue weighted by Crippen LogP contribution is -2.54. The maximum absolute atomic E-state index is 12.8. The summed E-state index contributed by atoms with van der Waals surface area (Å²) in [7, 11) is 1.65. The van der Waals surface area contributed by atoms with Crippen LogP contribution in [0.2, 0.25) is 0 Å². The van der Waals surface area contributed by atoms with Crippen LogP contribution in [0.4, 0.5) is 0 Å². The molecule has 1 fully saturated rings. The molecule has 2 unspecified atom stereocenters. The van der Waals surface area contributed by atoms with Gasteiger partial charge in [-0.1, -0.05) is 66.7 Å². The van der Waals surface area contributed by atoms with Crippen molar-refractivity contribution < 1.29 is 9.53 Å². The monoisotopic (exact) mass is 385 g/mol. The fraction of sp³-hybridized carbons (Fsp3) is 0.269. The number of piperidine rings is 1. The topological polar surface area (TPSA) is 38.3 Å². The molecule has 2 atom stereocenters. The summed E-state index contributed by atoms with van der Waals surface area (Å²) in [5, 5.41) is 3.26. The Morgan fingerprint density at radius 3 is 2.03 bits per heavy atom. The highest BCUT2D eigenvalue weighted by molar-refractivity contribution is 5.85. The molecule has 3 aromatic carbocycles. The number of carbonyl (C=O) groups excluding carboxylic acids is 1. The van der Waals surface area contributed by atoms with E-state index in [1.54, 1.807) is 7.11 Å². The zero-order valence-electron chi connectivity index (χ0n) is 17.2. The molecular formula is C26H27NO2. The Kier molecular flexibility index (Phi) is 5.14. The van der Waals surface area contributed by atoms with E-state index in [0.29, 0.717) is 0 Å². The molecule has 1 saturated heterocycles. The van der Waals surface area contributed by atoms with Crippen LogP contribution in [-0.4, -0.2) is 18.6 Å². The Bertz CT molecular complexity index is 975. The van der Waals surface area contributed by atoms with Crippen LogP contribution in [0.5, 0.6) is 5.75 Å². The number of hydrogen-bond donors (Lipinski definition) is 1. The molecule has 3 aromatic rings. The molecule has 29 heavy (non-hydrogen) atoms. The van der Waals surface area contributed by atoms with Crippen molar-refractivity contribution in [2.24, 2.45) is 0 Å². The number of amides is 1. The summed E-state index contributed by atoms with van der Waals surface area (Å²) >= 11 is 0. The minimum atomic E-state index is -0.297. The van der Waals surface area contributed by atoms with Crippen LogP contribution in [0.1, 0.15) is 43.2 Å². The Hall–Kier alpha value is -3.07. The lowest BCUT2D eigenvalue weighted by molar-refractivity contribution is -0.127. The Morgan fingerprint density at radius 1 is 0.828 bits per heavy atom. The van der Waals surface area contributed by atoms with Crippen molar-refractivity contribution in [1.29, 1.82) is 0 Å². The molecule has 0 saturated carbocycles. The molecule has 1 amide bonds. The van der Waals surface area contributed by atoms with Gasteiger partial charge in [0.2, 0.25) is 5.91 Å². The molecule has 148 valence electrons. The van der Waals surface area contributed by atoms with E-state index in [2.05, 4.69) is 67.7 Å².